The summed E-state index contributed by atoms with van der Waals surface area (Å²) in [5.74, 6) is 0.676. The number of methoxy groups -OCH3 is 2. The molecule has 0 saturated carbocycles. The Hall–Kier alpha value is -3.65. The Morgan fingerprint density at radius 3 is 2.77 bits per heavy atom. The minimum absolute atomic E-state index is 0.0943. The first-order valence-corrected chi connectivity index (χ1v) is 9.88. The molecule has 4 rings (SSSR count). The van der Waals surface area contributed by atoms with Crippen molar-refractivity contribution in [1.82, 2.24) is 9.38 Å². The molecule has 0 atom stereocenters. The zero-order valence-corrected chi connectivity index (χ0v) is 17.1. The summed E-state index contributed by atoms with van der Waals surface area (Å²) in [5.41, 5.74) is 1.71. The zero-order valence-electron chi connectivity index (χ0n) is 16.3. The van der Waals surface area contributed by atoms with E-state index in [-0.39, 0.29) is 12.2 Å². The highest BCUT2D eigenvalue weighted by atomic mass is 32.1. The molecule has 0 saturated heterocycles. The van der Waals surface area contributed by atoms with Crippen molar-refractivity contribution in [2.45, 2.75) is 6.61 Å². The number of hydrogen-bond donors (Lipinski definition) is 0. The number of benzene rings is 2. The van der Waals surface area contributed by atoms with E-state index >= 15 is 0 Å². The monoisotopic (exact) mass is 422 g/mol. The lowest BCUT2D eigenvalue weighted by atomic mass is 10.2. The van der Waals surface area contributed by atoms with Crippen molar-refractivity contribution in [3.63, 3.8) is 0 Å². The summed E-state index contributed by atoms with van der Waals surface area (Å²) < 4.78 is 18.2. The Morgan fingerprint density at radius 2 is 1.97 bits per heavy atom. The van der Waals surface area contributed by atoms with Crippen LogP contribution in [0.1, 0.15) is 11.3 Å². The number of ether oxygens (including phenoxy) is 3. The summed E-state index contributed by atoms with van der Waals surface area (Å²) in [7, 11) is 3.11. The van der Waals surface area contributed by atoms with E-state index in [1.165, 1.54) is 23.5 Å². The highest BCUT2D eigenvalue weighted by Gasteiger charge is 2.10. The van der Waals surface area contributed by atoms with Gasteiger partial charge in [0, 0.05) is 23.8 Å². The smallest absolute Gasteiger partial charge is 0.331 e. The van der Waals surface area contributed by atoms with E-state index in [4.69, 9.17) is 14.2 Å². The molecule has 0 aliphatic heterocycles. The van der Waals surface area contributed by atoms with Crippen molar-refractivity contribution in [2.24, 2.45) is 0 Å². The molecule has 152 valence electrons. The van der Waals surface area contributed by atoms with E-state index in [1.807, 2.05) is 24.3 Å². The topological polar surface area (TPSA) is 79.1 Å². The van der Waals surface area contributed by atoms with E-state index in [1.54, 1.807) is 42.9 Å². The van der Waals surface area contributed by atoms with Crippen LogP contribution in [0.3, 0.4) is 0 Å². The third-order valence-electron chi connectivity index (χ3n) is 4.45. The van der Waals surface area contributed by atoms with Gasteiger partial charge in [-0.2, -0.15) is 0 Å². The number of hydrogen-bond acceptors (Lipinski definition) is 7. The fourth-order valence-corrected chi connectivity index (χ4v) is 4.05. The van der Waals surface area contributed by atoms with Gasteiger partial charge in [0.1, 0.15) is 18.1 Å². The van der Waals surface area contributed by atoms with Crippen molar-refractivity contribution < 1.29 is 19.0 Å². The van der Waals surface area contributed by atoms with Gasteiger partial charge in [0.2, 0.25) is 0 Å². The highest BCUT2D eigenvalue weighted by molar-refractivity contribution is 7.23. The first kappa shape index (κ1) is 19.7. The number of thiazole rings is 1. The van der Waals surface area contributed by atoms with E-state index in [0.29, 0.717) is 27.7 Å². The molecule has 0 unspecified atom stereocenters. The van der Waals surface area contributed by atoms with Crippen molar-refractivity contribution in [3.8, 4) is 11.5 Å². The normalized spacial score (nSPS) is 11.3. The molecule has 0 radical (unpaired) electrons. The number of carbonyl (C=O) groups is 1. The van der Waals surface area contributed by atoms with Gasteiger partial charge in [-0.05, 0) is 30.3 Å². The Bertz CT molecular complexity index is 1320. The summed E-state index contributed by atoms with van der Waals surface area (Å²) in [5, 5.41) is 0. The van der Waals surface area contributed by atoms with Gasteiger partial charge in [-0.15, -0.1) is 0 Å². The number of rotatable bonds is 6. The zero-order chi connectivity index (χ0) is 21.1. The van der Waals surface area contributed by atoms with Crippen molar-refractivity contribution in [3.05, 3.63) is 76.2 Å². The maximum absolute atomic E-state index is 12.5. The van der Waals surface area contributed by atoms with Crippen LogP contribution in [-0.4, -0.2) is 29.6 Å². The molecule has 0 aliphatic carbocycles. The lowest BCUT2D eigenvalue weighted by molar-refractivity contribution is -0.139. The van der Waals surface area contributed by atoms with Gasteiger partial charge in [-0.1, -0.05) is 23.5 Å². The molecule has 0 amide bonds. The molecule has 0 spiro atoms. The van der Waals surface area contributed by atoms with Crippen LogP contribution in [-0.2, 0) is 16.1 Å². The number of nitrogens with zero attached hydrogens (tertiary/aromatic N) is 2. The standard InChI is InChI=1S/C22H18N2O5S/c1-27-16-9-7-14(18(12-16)28-2)8-10-21(26)29-13-15-11-20(25)24-17-5-3-4-6-19(17)30-22(24)23-15/h3-12H,13H2,1-2H3. The quantitative estimate of drug-likeness (QED) is 0.348. The summed E-state index contributed by atoms with van der Waals surface area (Å²) in [6.07, 6.45) is 2.90. The van der Waals surface area contributed by atoms with Crippen LogP contribution in [0, 0.1) is 0 Å². The number of carbonyl (C=O) groups excluding carboxylic acids is 1. The molecule has 2 aromatic carbocycles. The summed E-state index contributed by atoms with van der Waals surface area (Å²) >= 11 is 1.41. The Balaban J connectivity index is 1.49. The number of aromatic nitrogens is 2. The van der Waals surface area contributed by atoms with E-state index in [9.17, 15) is 9.59 Å². The molecule has 2 aromatic heterocycles. The predicted octanol–water partition coefficient (Wildman–Crippen LogP) is 3.68. The van der Waals surface area contributed by atoms with Gasteiger partial charge >= 0.3 is 5.97 Å². The maximum Gasteiger partial charge on any atom is 0.331 e. The lowest BCUT2D eigenvalue weighted by Gasteiger charge is -2.07. The van der Waals surface area contributed by atoms with Gasteiger partial charge in [-0.3, -0.25) is 9.20 Å². The first-order chi connectivity index (χ1) is 14.6. The van der Waals surface area contributed by atoms with Gasteiger partial charge in [-0.25, -0.2) is 9.78 Å². The minimum atomic E-state index is -0.550. The third kappa shape index (κ3) is 3.90. The molecule has 4 aromatic rings. The Labute approximate surface area is 175 Å². The molecule has 0 bridgehead atoms. The number of para-hydroxylation sites is 1. The molecule has 0 N–H and O–H groups in total. The second kappa shape index (κ2) is 8.38. The number of fused-ring (bicyclic) bond motifs is 3. The summed E-state index contributed by atoms with van der Waals surface area (Å²) in [6.45, 7) is -0.0943. The number of esters is 1. The molecular formula is C22H18N2O5S. The van der Waals surface area contributed by atoms with Gasteiger partial charge < -0.3 is 14.2 Å². The van der Waals surface area contributed by atoms with E-state index < -0.39 is 5.97 Å². The minimum Gasteiger partial charge on any atom is -0.497 e. The predicted molar refractivity (Wildman–Crippen MR) is 115 cm³/mol. The van der Waals surface area contributed by atoms with Crippen LogP contribution in [0.15, 0.2) is 59.4 Å². The Morgan fingerprint density at radius 1 is 1.13 bits per heavy atom. The first-order valence-electron chi connectivity index (χ1n) is 9.06. The average molecular weight is 422 g/mol. The molecule has 30 heavy (non-hydrogen) atoms. The van der Waals surface area contributed by atoms with Crippen LogP contribution in [0.2, 0.25) is 0 Å². The molecular weight excluding hydrogens is 404 g/mol. The second-order valence-electron chi connectivity index (χ2n) is 6.32. The van der Waals surface area contributed by atoms with Crippen LogP contribution in [0.25, 0.3) is 21.3 Å². The van der Waals surface area contributed by atoms with Gasteiger partial charge in [0.05, 0.1) is 30.1 Å². The van der Waals surface area contributed by atoms with Crippen molar-refractivity contribution >= 4 is 38.6 Å². The summed E-state index contributed by atoms with van der Waals surface area (Å²) in [6, 6.07) is 14.3. The second-order valence-corrected chi connectivity index (χ2v) is 7.33. The Kier molecular flexibility index (Phi) is 5.49. The molecule has 7 nitrogen and oxygen atoms in total. The van der Waals surface area contributed by atoms with E-state index in [0.717, 1.165) is 10.2 Å². The summed E-state index contributed by atoms with van der Waals surface area (Å²) in [4.78, 5) is 29.6. The van der Waals surface area contributed by atoms with Crippen molar-refractivity contribution in [1.29, 1.82) is 0 Å². The van der Waals surface area contributed by atoms with Crippen LogP contribution < -0.4 is 15.0 Å². The van der Waals surface area contributed by atoms with Crippen molar-refractivity contribution in [2.75, 3.05) is 14.2 Å². The van der Waals surface area contributed by atoms with Crippen LogP contribution in [0.4, 0.5) is 0 Å². The SMILES string of the molecule is COc1ccc(C=CC(=O)OCc2cc(=O)n3c(n2)sc2ccccc23)c(OC)c1. The fraction of sp³-hybridized carbons (Fsp3) is 0.136. The van der Waals surface area contributed by atoms with Crippen LogP contribution in [0.5, 0.6) is 11.5 Å². The largest absolute Gasteiger partial charge is 0.497 e. The lowest BCUT2D eigenvalue weighted by Crippen LogP contribution is -2.15. The maximum atomic E-state index is 12.5. The molecule has 0 aliphatic rings. The van der Waals surface area contributed by atoms with Crippen LogP contribution >= 0.6 is 11.3 Å². The molecule has 0 fully saturated rings. The third-order valence-corrected chi connectivity index (χ3v) is 5.47. The highest BCUT2D eigenvalue weighted by Crippen LogP contribution is 2.26. The fourth-order valence-electron chi connectivity index (χ4n) is 3.00. The van der Waals surface area contributed by atoms with Gasteiger partial charge in [0.15, 0.2) is 4.96 Å². The van der Waals surface area contributed by atoms with E-state index in [2.05, 4.69) is 4.98 Å². The average Bonchev–Trinajstić information content (AvgIpc) is 3.15. The van der Waals surface area contributed by atoms with Gasteiger partial charge in [0.25, 0.3) is 5.56 Å². The molecule has 2 heterocycles. The molecule has 8 heteroatoms.